The van der Waals surface area contributed by atoms with Crippen molar-refractivity contribution in [3.05, 3.63) is 35.1 Å². The fourth-order valence-corrected chi connectivity index (χ4v) is 1.56. The Morgan fingerprint density at radius 3 is 2.67 bits per heavy atom. The molecule has 1 aromatic rings. The molecule has 0 aliphatic rings. The molecule has 1 nitrogen and oxygen atoms in total. The van der Waals surface area contributed by atoms with Crippen molar-refractivity contribution in [2.45, 2.75) is 26.3 Å². The Balaban J connectivity index is 2.93. The molecule has 0 aromatic heterocycles. The Labute approximate surface area is 90.7 Å². The molecule has 0 aliphatic heterocycles. The smallest absolute Gasteiger partial charge is 0.123 e. The average molecular weight is 205 g/mol. The molecule has 80 valence electrons. The van der Waals surface area contributed by atoms with E-state index in [1.807, 2.05) is 27.0 Å². The zero-order chi connectivity index (χ0) is 11.3. The molecule has 0 heterocycles. The molecule has 0 saturated carbocycles. The molecule has 1 unspecified atom stereocenters. The highest BCUT2D eigenvalue weighted by molar-refractivity contribution is 5.27. The van der Waals surface area contributed by atoms with Crippen LogP contribution in [-0.4, -0.2) is 7.05 Å². The van der Waals surface area contributed by atoms with Gasteiger partial charge in [-0.3, -0.25) is 0 Å². The summed E-state index contributed by atoms with van der Waals surface area (Å²) >= 11 is 0. The molecular formula is C13H16FN. The summed E-state index contributed by atoms with van der Waals surface area (Å²) in [5.74, 6) is 5.66. The largest absolute Gasteiger partial charge is 0.312 e. The van der Waals surface area contributed by atoms with Crippen LogP contribution < -0.4 is 5.32 Å². The molecule has 1 aromatic carbocycles. The van der Waals surface area contributed by atoms with E-state index in [9.17, 15) is 4.39 Å². The fourth-order valence-electron chi connectivity index (χ4n) is 1.56. The van der Waals surface area contributed by atoms with Crippen LogP contribution in [0.5, 0.6) is 0 Å². The van der Waals surface area contributed by atoms with Crippen LogP contribution in [0, 0.1) is 24.6 Å². The molecule has 15 heavy (non-hydrogen) atoms. The highest BCUT2D eigenvalue weighted by Crippen LogP contribution is 2.18. The number of halogens is 1. The van der Waals surface area contributed by atoms with Crippen LogP contribution in [0.2, 0.25) is 0 Å². The summed E-state index contributed by atoms with van der Waals surface area (Å²) in [6.07, 6.45) is 0.704. The topological polar surface area (TPSA) is 12.0 Å². The van der Waals surface area contributed by atoms with Gasteiger partial charge in [0.15, 0.2) is 0 Å². The van der Waals surface area contributed by atoms with Gasteiger partial charge in [0.05, 0.1) is 0 Å². The summed E-state index contributed by atoms with van der Waals surface area (Å²) in [5.41, 5.74) is 1.90. The first-order valence-corrected chi connectivity index (χ1v) is 5.01. The van der Waals surface area contributed by atoms with E-state index in [1.165, 1.54) is 6.07 Å². The minimum atomic E-state index is -0.185. The van der Waals surface area contributed by atoms with Gasteiger partial charge in [0.25, 0.3) is 0 Å². The molecule has 0 saturated heterocycles. The first kappa shape index (κ1) is 11.7. The summed E-state index contributed by atoms with van der Waals surface area (Å²) in [4.78, 5) is 0. The molecule has 0 fully saturated rings. The quantitative estimate of drug-likeness (QED) is 0.748. The summed E-state index contributed by atoms with van der Waals surface area (Å²) in [5, 5.41) is 3.14. The Kier molecular flexibility index (Phi) is 4.33. The Morgan fingerprint density at radius 1 is 1.40 bits per heavy atom. The van der Waals surface area contributed by atoms with Gasteiger partial charge < -0.3 is 5.32 Å². The lowest BCUT2D eigenvalue weighted by atomic mass is 10.0. The Morgan fingerprint density at radius 2 is 2.13 bits per heavy atom. The van der Waals surface area contributed by atoms with Gasteiger partial charge in [-0.15, -0.1) is 11.8 Å². The number of hydrogen-bond donors (Lipinski definition) is 1. The van der Waals surface area contributed by atoms with E-state index in [4.69, 9.17) is 0 Å². The number of rotatable bonds is 3. The van der Waals surface area contributed by atoms with Crippen LogP contribution in [0.25, 0.3) is 0 Å². The van der Waals surface area contributed by atoms with E-state index in [2.05, 4.69) is 17.2 Å². The number of nitrogens with one attached hydrogen (secondary N) is 1. The second-order valence-corrected chi connectivity index (χ2v) is 3.53. The number of benzene rings is 1. The maximum absolute atomic E-state index is 13.2. The van der Waals surface area contributed by atoms with Crippen LogP contribution in [-0.2, 0) is 0 Å². The predicted molar refractivity (Wildman–Crippen MR) is 61.0 cm³/mol. The van der Waals surface area contributed by atoms with Gasteiger partial charge in [-0.05, 0) is 44.2 Å². The first-order valence-electron chi connectivity index (χ1n) is 5.01. The summed E-state index contributed by atoms with van der Waals surface area (Å²) < 4.78 is 13.2. The zero-order valence-corrected chi connectivity index (χ0v) is 9.39. The lowest BCUT2D eigenvalue weighted by molar-refractivity contribution is 0.589. The highest BCUT2D eigenvalue weighted by atomic mass is 19.1. The monoisotopic (exact) mass is 205 g/mol. The van der Waals surface area contributed by atoms with Crippen LogP contribution in [0.15, 0.2) is 18.2 Å². The van der Waals surface area contributed by atoms with E-state index < -0.39 is 0 Å². The summed E-state index contributed by atoms with van der Waals surface area (Å²) in [7, 11) is 1.86. The van der Waals surface area contributed by atoms with Crippen LogP contribution >= 0.6 is 0 Å². The molecule has 1 atom stereocenters. The van der Waals surface area contributed by atoms with Crippen LogP contribution in [0.1, 0.15) is 30.5 Å². The maximum atomic E-state index is 13.2. The van der Waals surface area contributed by atoms with E-state index in [0.717, 1.165) is 11.1 Å². The second-order valence-electron chi connectivity index (χ2n) is 3.53. The minimum absolute atomic E-state index is 0.104. The first-order chi connectivity index (χ1) is 7.17. The van der Waals surface area contributed by atoms with Crippen molar-refractivity contribution in [2.75, 3.05) is 7.05 Å². The molecule has 0 spiro atoms. The van der Waals surface area contributed by atoms with Crippen molar-refractivity contribution in [2.24, 2.45) is 0 Å². The molecule has 0 radical (unpaired) electrons. The van der Waals surface area contributed by atoms with Crippen molar-refractivity contribution in [3.63, 3.8) is 0 Å². The second kappa shape index (κ2) is 5.53. The third-order valence-corrected chi connectivity index (χ3v) is 2.30. The molecule has 0 amide bonds. The van der Waals surface area contributed by atoms with Crippen molar-refractivity contribution in [1.82, 2.24) is 5.32 Å². The van der Waals surface area contributed by atoms with Gasteiger partial charge in [-0.1, -0.05) is 6.07 Å². The van der Waals surface area contributed by atoms with Crippen molar-refractivity contribution in [3.8, 4) is 11.8 Å². The van der Waals surface area contributed by atoms with Gasteiger partial charge in [0, 0.05) is 12.5 Å². The summed E-state index contributed by atoms with van der Waals surface area (Å²) in [6.45, 7) is 3.70. The molecule has 0 aliphatic carbocycles. The number of hydrogen-bond acceptors (Lipinski definition) is 1. The molecular weight excluding hydrogens is 189 g/mol. The zero-order valence-electron chi connectivity index (χ0n) is 9.39. The van der Waals surface area contributed by atoms with Gasteiger partial charge >= 0.3 is 0 Å². The third-order valence-electron chi connectivity index (χ3n) is 2.30. The Hall–Kier alpha value is -1.33. The maximum Gasteiger partial charge on any atom is 0.123 e. The SMILES string of the molecule is CC#CCC(NC)c1cc(C)cc(F)c1. The van der Waals surface area contributed by atoms with Crippen molar-refractivity contribution >= 4 is 0 Å². The van der Waals surface area contributed by atoms with E-state index in [1.54, 1.807) is 6.07 Å². The van der Waals surface area contributed by atoms with Crippen LogP contribution in [0.3, 0.4) is 0 Å². The van der Waals surface area contributed by atoms with Crippen molar-refractivity contribution < 1.29 is 4.39 Å². The van der Waals surface area contributed by atoms with Crippen molar-refractivity contribution in [1.29, 1.82) is 0 Å². The average Bonchev–Trinajstić information content (AvgIpc) is 2.17. The van der Waals surface area contributed by atoms with Gasteiger partial charge in [-0.2, -0.15) is 0 Å². The predicted octanol–water partition coefficient (Wildman–Crippen LogP) is 2.81. The highest BCUT2D eigenvalue weighted by Gasteiger charge is 2.08. The molecule has 0 bridgehead atoms. The van der Waals surface area contributed by atoms with Gasteiger partial charge in [0.1, 0.15) is 5.82 Å². The van der Waals surface area contributed by atoms with Gasteiger partial charge in [-0.25, -0.2) is 4.39 Å². The molecule has 2 heteroatoms. The molecule has 1 rings (SSSR count). The normalized spacial score (nSPS) is 11.7. The lowest BCUT2D eigenvalue weighted by Gasteiger charge is -2.14. The minimum Gasteiger partial charge on any atom is -0.312 e. The van der Waals surface area contributed by atoms with E-state index in [-0.39, 0.29) is 11.9 Å². The number of aryl methyl sites for hydroxylation is 1. The standard InChI is InChI=1S/C13H16FN/c1-4-5-6-13(15-3)11-7-10(2)8-12(14)9-11/h7-9,13,15H,6H2,1-3H3. The third kappa shape index (κ3) is 3.38. The molecule has 1 N–H and O–H groups in total. The Bertz CT molecular complexity index is 367. The van der Waals surface area contributed by atoms with E-state index >= 15 is 0 Å². The van der Waals surface area contributed by atoms with Crippen LogP contribution in [0.4, 0.5) is 4.39 Å². The fraction of sp³-hybridized carbons (Fsp3) is 0.385. The summed E-state index contributed by atoms with van der Waals surface area (Å²) in [6, 6.07) is 5.18. The lowest BCUT2D eigenvalue weighted by Crippen LogP contribution is -2.16. The van der Waals surface area contributed by atoms with E-state index in [0.29, 0.717) is 6.42 Å². The van der Waals surface area contributed by atoms with Gasteiger partial charge in [0.2, 0.25) is 0 Å².